The molecule has 26 heavy (non-hydrogen) atoms. The van der Waals surface area contributed by atoms with Crippen LogP contribution in [0.1, 0.15) is 16.5 Å². The predicted molar refractivity (Wildman–Crippen MR) is 103 cm³/mol. The van der Waals surface area contributed by atoms with E-state index in [4.69, 9.17) is 9.47 Å². The van der Waals surface area contributed by atoms with E-state index in [1.807, 2.05) is 40.6 Å². The smallest absolute Gasteiger partial charge is 0.228 e. The van der Waals surface area contributed by atoms with Crippen molar-refractivity contribution < 1.29 is 14.3 Å². The van der Waals surface area contributed by atoms with E-state index in [1.165, 1.54) is 5.56 Å². The number of hydrogen-bond acceptors (Lipinski definition) is 5. The van der Waals surface area contributed by atoms with Crippen molar-refractivity contribution in [1.29, 1.82) is 0 Å². The average Bonchev–Trinajstić information content (AvgIpc) is 3.23. The quantitative estimate of drug-likeness (QED) is 0.897. The number of nitrogens with one attached hydrogen (secondary N) is 1. The minimum Gasteiger partial charge on any atom is -0.377 e. The van der Waals surface area contributed by atoms with Gasteiger partial charge in [-0.15, -0.1) is 11.3 Å². The Labute approximate surface area is 158 Å². The summed E-state index contributed by atoms with van der Waals surface area (Å²) in [6, 6.07) is 14.5. The van der Waals surface area contributed by atoms with Gasteiger partial charge < -0.3 is 19.7 Å². The van der Waals surface area contributed by atoms with Crippen LogP contribution in [0.15, 0.2) is 47.8 Å². The Bertz CT molecular complexity index is 633. The molecule has 2 saturated heterocycles. The SMILES string of the molecule is C1COCCO1.O=C(Cc1cccs1)N1CCNCC1c1ccccc1. The molecule has 2 aromatic rings. The summed E-state index contributed by atoms with van der Waals surface area (Å²) in [7, 11) is 0. The second-order valence-electron chi connectivity index (χ2n) is 6.20. The molecular formula is C20H26N2O3S. The van der Waals surface area contributed by atoms with Crippen LogP contribution >= 0.6 is 11.3 Å². The van der Waals surface area contributed by atoms with Gasteiger partial charge in [-0.2, -0.15) is 0 Å². The highest BCUT2D eigenvalue weighted by atomic mass is 32.1. The van der Waals surface area contributed by atoms with Crippen LogP contribution in [0.4, 0.5) is 0 Å². The number of carbonyl (C=O) groups is 1. The van der Waals surface area contributed by atoms with Crippen molar-refractivity contribution in [3.8, 4) is 0 Å². The van der Waals surface area contributed by atoms with Crippen LogP contribution in [0.2, 0.25) is 0 Å². The molecule has 2 aliphatic rings. The molecule has 140 valence electrons. The summed E-state index contributed by atoms with van der Waals surface area (Å²) < 4.78 is 9.89. The van der Waals surface area contributed by atoms with Crippen LogP contribution in [-0.2, 0) is 20.7 Å². The van der Waals surface area contributed by atoms with E-state index in [9.17, 15) is 4.79 Å². The fourth-order valence-corrected chi connectivity index (χ4v) is 3.78. The normalized spacial score (nSPS) is 20.2. The third kappa shape index (κ3) is 5.64. The Morgan fingerprint density at radius 3 is 2.42 bits per heavy atom. The summed E-state index contributed by atoms with van der Waals surface area (Å²) in [5, 5.41) is 5.41. The van der Waals surface area contributed by atoms with Crippen molar-refractivity contribution in [3.63, 3.8) is 0 Å². The molecule has 5 nitrogen and oxygen atoms in total. The Balaban J connectivity index is 0.000000278. The Morgan fingerprint density at radius 1 is 1.08 bits per heavy atom. The van der Waals surface area contributed by atoms with Crippen molar-refractivity contribution in [1.82, 2.24) is 10.2 Å². The number of hydrogen-bond donors (Lipinski definition) is 1. The minimum absolute atomic E-state index is 0.150. The summed E-state index contributed by atoms with van der Waals surface area (Å²) in [5.41, 5.74) is 1.21. The molecule has 1 amide bonds. The lowest BCUT2D eigenvalue weighted by atomic mass is 10.0. The molecule has 2 aliphatic heterocycles. The maximum Gasteiger partial charge on any atom is 0.228 e. The number of benzene rings is 1. The number of piperazine rings is 1. The minimum atomic E-state index is 0.150. The van der Waals surface area contributed by atoms with Crippen molar-refractivity contribution in [3.05, 3.63) is 58.3 Å². The van der Waals surface area contributed by atoms with Crippen molar-refractivity contribution >= 4 is 17.2 Å². The molecule has 2 fully saturated rings. The van der Waals surface area contributed by atoms with Crippen LogP contribution in [0.5, 0.6) is 0 Å². The molecule has 0 radical (unpaired) electrons. The highest BCUT2D eigenvalue weighted by Gasteiger charge is 2.27. The van der Waals surface area contributed by atoms with Crippen molar-refractivity contribution in [2.24, 2.45) is 0 Å². The lowest BCUT2D eigenvalue weighted by molar-refractivity contribution is -0.133. The molecule has 1 unspecified atom stereocenters. The molecular weight excluding hydrogens is 348 g/mol. The van der Waals surface area contributed by atoms with E-state index in [0.717, 1.165) is 50.9 Å². The monoisotopic (exact) mass is 374 g/mol. The largest absolute Gasteiger partial charge is 0.377 e. The van der Waals surface area contributed by atoms with Crippen molar-refractivity contribution in [2.75, 3.05) is 46.1 Å². The topological polar surface area (TPSA) is 50.8 Å². The molecule has 1 N–H and O–H groups in total. The van der Waals surface area contributed by atoms with E-state index < -0.39 is 0 Å². The third-order valence-corrected chi connectivity index (χ3v) is 5.27. The van der Waals surface area contributed by atoms with Crippen LogP contribution in [-0.4, -0.2) is 56.9 Å². The van der Waals surface area contributed by atoms with Crippen molar-refractivity contribution in [2.45, 2.75) is 12.5 Å². The molecule has 4 rings (SSSR count). The number of thiophene rings is 1. The number of carbonyl (C=O) groups excluding carboxylic acids is 1. The molecule has 0 bridgehead atoms. The number of nitrogens with zero attached hydrogens (tertiary/aromatic N) is 1. The lowest BCUT2D eigenvalue weighted by Gasteiger charge is -2.36. The standard InChI is InChI=1S/C16H18N2OS.C4H8O2/c19-16(11-14-7-4-10-20-14)18-9-8-17-12-15(18)13-5-2-1-3-6-13;1-2-6-4-3-5-1/h1-7,10,15,17H,8-9,11-12H2;1-4H2. The van der Waals surface area contributed by atoms with Crippen LogP contribution in [0, 0.1) is 0 Å². The van der Waals surface area contributed by atoms with E-state index in [1.54, 1.807) is 11.3 Å². The highest BCUT2D eigenvalue weighted by Crippen LogP contribution is 2.23. The highest BCUT2D eigenvalue weighted by molar-refractivity contribution is 7.10. The van der Waals surface area contributed by atoms with Gasteiger partial charge in [0, 0.05) is 24.5 Å². The fourth-order valence-electron chi connectivity index (χ4n) is 3.08. The number of amides is 1. The number of ether oxygens (including phenoxy) is 2. The first-order valence-corrected chi connectivity index (χ1v) is 9.95. The molecule has 3 heterocycles. The van der Waals surface area contributed by atoms with Gasteiger partial charge in [-0.05, 0) is 17.0 Å². The van der Waals surface area contributed by atoms with Gasteiger partial charge in [0.15, 0.2) is 0 Å². The van der Waals surface area contributed by atoms with Crippen LogP contribution in [0.25, 0.3) is 0 Å². The summed E-state index contributed by atoms with van der Waals surface area (Å²) in [4.78, 5) is 15.7. The van der Waals surface area contributed by atoms with Gasteiger partial charge in [0.1, 0.15) is 0 Å². The van der Waals surface area contributed by atoms with E-state index in [2.05, 4.69) is 17.4 Å². The Kier molecular flexibility index (Phi) is 7.64. The first-order valence-electron chi connectivity index (χ1n) is 9.07. The molecule has 0 spiro atoms. The van der Waals surface area contributed by atoms with Gasteiger partial charge in [0.05, 0.1) is 38.9 Å². The molecule has 1 aromatic carbocycles. The predicted octanol–water partition coefficient (Wildman–Crippen LogP) is 2.50. The second-order valence-corrected chi connectivity index (χ2v) is 7.23. The average molecular weight is 375 g/mol. The molecule has 1 aromatic heterocycles. The maximum atomic E-state index is 12.6. The van der Waals surface area contributed by atoms with Gasteiger partial charge in [-0.1, -0.05) is 36.4 Å². The van der Waals surface area contributed by atoms with Crippen LogP contribution < -0.4 is 5.32 Å². The Hall–Kier alpha value is -1.73. The molecule has 1 atom stereocenters. The summed E-state index contributed by atoms with van der Waals surface area (Å²) >= 11 is 1.65. The maximum absolute atomic E-state index is 12.6. The van der Waals surface area contributed by atoms with E-state index in [0.29, 0.717) is 6.42 Å². The first kappa shape index (κ1) is 19.0. The zero-order valence-corrected chi connectivity index (χ0v) is 15.7. The van der Waals surface area contributed by atoms with Gasteiger partial charge in [0.25, 0.3) is 0 Å². The first-order chi connectivity index (χ1) is 12.8. The zero-order chi connectivity index (χ0) is 18.0. The van der Waals surface area contributed by atoms with Crippen LogP contribution in [0.3, 0.4) is 0 Å². The van der Waals surface area contributed by atoms with Gasteiger partial charge in [-0.3, -0.25) is 4.79 Å². The van der Waals surface area contributed by atoms with Gasteiger partial charge >= 0.3 is 0 Å². The summed E-state index contributed by atoms with van der Waals surface area (Å²) in [6.45, 7) is 5.60. The fraction of sp³-hybridized carbons (Fsp3) is 0.450. The van der Waals surface area contributed by atoms with Gasteiger partial charge in [0.2, 0.25) is 5.91 Å². The zero-order valence-electron chi connectivity index (χ0n) is 14.9. The van der Waals surface area contributed by atoms with E-state index in [-0.39, 0.29) is 11.9 Å². The number of rotatable bonds is 3. The van der Waals surface area contributed by atoms with Gasteiger partial charge in [-0.25, -0.2) is 0 Å². The van der Waals surface area contributed by atoms with E-state index >= 15 is 0 Å². The lowest BCUT2D eigenvalue weighted by Crippen LogP contribution is -2.49. The third-order valence-electron chi connectivity index (χ3n) is 4.40. The summed E-state index contributed by atoms with van der Waals surface area (Å²) in [6.07, 6.45) is 0.515. The Morgan fingerprint density at radius 2 is 1.81 bits per heavy atom. The second kappa shape index (κ2) is 10.4. The molecule has 6 heteroatoms. The molecule has 0 aliphatic carbocycles. The summed E-state index contributed by atoms with van der Waals surface area (Å²) in [5.74, 6) is 0.225. The molecule has 0 saturated carbocycles.